The van der Waals surface area contributed by atoms with Gasteiger partial charge in [0.25, 0.3) is 0 Å². The minimum atomic E-state index is 0.385. The molecule has 31 heavy (non-hydrogen) atoms. The molecular formula is C24H23BrClNO4. The van der Waals surface area contributed by atoms with Gasteiger partial charge in [0, 0.05) is 18.1 Å². The summed E-state index contributed by atoms with van der Waals surface area (Å²) >= 11 is 9.85. The van der Waals surface area contributed by atoms with Crippen molar-refractivity contribution < 1.29 is 18.9 Å². The number of benzene rings is 3. The van der Waals surface area contributed by atoms with Crippen molar-refractivity contribution >= 4 is 27.5 Å². The lowest BCUT2D eigenvalue weighted by atomic mass is 10.1. The molecule has 0 unspecified atom stereocenters. The molecule has 0 fully saturated rings. The van der Waals surface area contributed by atoms with Gasteiger partial charge >= 0.3 is 0 Å². The zero-order valence-electron chi connectivity index (χ0n) is 17.1. The number of hydrogen-bond acceptors (Lipinski definition) is 5. The van der Waals surface area contributed by atoms with Crippen molar-refractivity contribution in [1.82, 2.24) is 5.32 Å². The fourth-order valence-electron chi connectivity index (χ4n) is 3.33. The van der Waals surface area contributed by atoms with Crippen LogP contribution in [0, 0.1) is 0 Å². The molecule has 1 aliphatic rings. The molecule has 4 rings (SSSR count). The van der Waals surface area contributed by atoms with E-state index in [0.717, 1.165) is 37.7 Å². The molecule has 0 aromatic heterocycles. The molecule has 1 aliphatic heterocycles. The molecular weight excluding hydrogens is 482 g/mol. The van der Waals surface area contributed by atoms with Crippen LogP contribution in [0.15, 0.2) is 59.1 Å². The molecule has 0 spiro atoms. The predicted octanol–water partition coefficient (Wildman–Crippen LogP) is 5.75. The van der Waals surface area contributed by atoms with Gasteiger partial charge < -0.3 is 24.3 Å². The van der Waals surface area contributed by atoms with E-state index in [2.05, 4.69) is 21.2 Å². The fourth-order valence-corrected chi connectivity index (χ4v) is 4.14. The Hall–Kier alpha value is -2.41. The Bertz CT molecular complexity index is 1060. The van der Waals surface area contributed by atoms with E-state index in [1.165, 1.54) is 0 Å². The third-order valence-corrected chi connectivity index (χ3v) is 5.84. The molecule has 5 nitrogen and oxygen atoms in total. The summed E-state index contributed by atoms with van der Waals surface area (Å²) in [4.78, 5) is 0. The molecule has 0 amide bonds. The summed E-state index contributed by atoms with van der Waals surface area (Å²) in [5.74, 6) is 2.84. The number of rotatable bonds is 8. The highest BCUT2D eigenvalue weighted by molar-refractivity contribution is 9.10. The van der Waals surface area contributed by atoms with Crippen LogP contribution in [0.2, 0.25) is 5.02 Å². The van der Waals surface area contributed by atoms with Gasteiger partial charge in [-0.1, -0.05) is 35.9 Å². The second kappa shape index (κ2) is 10.3. The molecule has 7 heteroatoms. The van der Waals surface area contributed by atoms with E-state index in [1.54, 1.807) is 7.11 Å². The van der Waals surface area contributed by atoms with Gasteiger partial charge in [-0.25, -0.2) is 0 Å². The lowest BCUT2D eigenvalue weighted by Crippen LogP contribution is -2.15. The van der Waals surface area contributed by atoms with Crippen molar-refractivity contribution in [2.75, 3.05) is 20.3 Å². The Labute approximate surface area is 195 Å². The number of methoxy groups -OCH3 is 1. The first-order valence-corrected chi connectivity index (χ1v) is 11.1. The number of halogens is 2. The highest BCUT2D eigenvalue weighted by Crippen LogP contribution is 2.38. The fraction of sp³-hybridized carbons (Fsp3) is 0.250. The first-order valence-electron chi connectivity index (χ1n) is 9.96. The normalized spacial score (nSPS) is 12.5. The highest BCUT2D eigenvalue weighted by atomic mass is 79.9. The zero-order chi connectivity index (χ0) is 21.6. The molecule has 3 aromatic carbocycles. The molecule has 0 radical (unpaired) electrons. The molecule has 162 valence electrons. The molecule has 0 atom stereocenters. The van der Waals surface area contributed by atoms with E-state index in [1.807, 2.05) is 54.6 Å². The summed E-state index contributed by atoms with van der Waals surface area (Å²) < 4.78 is 23.7. The maximum absolute atomic E-state index is 6.23. The van der Waals surface area contributed by atoms with Gasteiger partial charge in [-0.3, -0.25) is 0 Å². The van der Waals surface area contributed by atoms with Gasteiger partial charge in [0.1, 0.15) is 19.8 Å². The SMILES string of the molecule is COc1cc(CNCc2ccccc2Cl)cc(Br)c1OCc1ccc2c(c1)OCCO2. The topological polar surface area (TPSA) is 49.0 Å². The van der Waals surface area contributed by atoms with E-state index in [9.17, 15) is 0 Å². The Kier molecular flexibility index (Phi) is 7.22. The van der Waals surface area contributed by atoms with Crippen molar-refractivity contribution in [1.29, 1.82) is 0 Å². The number of ether oxygens (including phenoxy) is 4. The van der Waals surface area contributed by atoms with Crippen molar-refractivity contribution in [3.05, 3.63) is 80.8 Å². The lowest BCUT2D eigenvalue weighted by Gasteiger charge is -2.19. The third kappa shape index (κ3) is 5.45. The van der Waals surface area contributed by atoms with E-state index in [0.29, 0.717) is 44.4 Å². The number of hydrogen-bond donors (Lipinski definition) is 1. The molecule has 0 saturated carbocycles. The second-order valence-corrected chi connectivity index (χ2v) is 8.33. The van der Waals surface area contributed by atoms with Gasteiger partial charge in [-0.2, -0.15) is 0 Å². The molecule has 0 aliphatic carbocycles. The van der Waals surface area contributed by atoms with Crippen molar-refractivity contribution in [2.45, 2.75) is 19.7 Å². The minimum absolute atomic E-state index is 0.385. The van der Waals surface area contributed by atoms with Gasteiger partial charge in [-0.05, 0) is 63.0 Å². The Morgan fingerprint density at radius 2 is 1.77 bits per heavy atom. The first-order chi connectivity index (χ1) is 15.1. The largest absolute Gasteiger partial charge is 0.493 e. The van der Waals surface area contributed by atoms with Crippen LogP contribution in [0.1, 0.15) is 16.7 Å². The quantitative estimate of drug-likeness (QED) is 0.423. The van der Waals surface area contributed by atoms with Gasteiger partial charge in [0.05, 0.1) is 11.6 Å². The summed E-state index contributed by atoms with van der Waals surface area (Å²) in [5, 5.41) is 4.18. The average molecular weight is 505 g/mol. The maximum atomic E-state index is 6.23. The molecule has 0 saturated heterocycles. The smallest absolute Gasteiger partial charge is 0.175 e. The van der Waals surface area contributed by atoms with Crippen LogP contribution in [0.4, 0.5) is 0 Å². The molecule has 3 aromatic rings. The summed E-state index contributed by atoms with van der Waals surface area (Å²) in [6, 6.07) is 17.7. The number of fused-ring (bicyclic) bond motifs is 1. The van der Waals surface area contributed by atoms with E-state index < -0.39 is 0 Å². The lowest BCUT2D eigenvalue weighted by molar-refractivity contribution is 0.171. The third-order valence-electron chi connectivity index (χ3n) is 4.88. The van der Waals surface area contributed by atoms with Crippen molar-refractivity contribution in [3.8, 4) is 23.0 Å². The maximum Gasteiger partial charge on any atom is 0.175 e. The average Bonchev–Trinajstić information content (AvgIpc) is 2.79. The van der Waals surface area contributed by atoms with E-state index in [-0.39, 0.29) is 0 Å². The second-order valence-electron chi connectivity index (χ2n) is 7.07. The van der Waals surface area contributed by atoms with Crippen LogP contribution >= 0.6 is 27.5 Å². The van der Waals surface area contributed by atoms with Crippen LogP contribution in [-0.4, -0.2) is 20.3 Å². The standard InChI is InChI=1S/C24H23BrClNO4/c1-28-23-12-17(13-27-14-18-4-2-3-5-20(18)26)10-19(25)24(23)31-15-16-6-7-21-22(11-16)30-9-8-29-21/h2-7,10-12,27H,8-9,13-15H2,1H3. The highest BCUT2D eigenvalue weighted by Gasteiger charge is 2.15. The van der Waals surface area contributed by atoms with E-state index in [4.69, 9.17) is 30.5 Å². The summed E-state index contributed by atoms with van der Waals surface area (Å²) in [6.07, 6.45) is 0. The Morgan fingerprint density at radius 3 is 2.58 bits per heavy atom. The Balaban J connectivity index is 1.41. The zero-order valence-corrected chi connectivity index (χ0v) is 19.5. The summed E-state index contributed by atoms with van der Waals surface area (Å²) in [5.41, 5.74) is 3.13. The van der Waals surface area contributed by atoms with Crippen LogP contribution in [0.25, 0.3) is 0 Å². The first kappa shape index (κ1) is 21.8. The summed E-state index contributed by atoms with van der Waals surface area (Å²) in [6.45, 7) is 2.87. The predicted molar refractivity (Wildman–Crippen MR) is 124 cm³/mol. The van der Waals surface area contributed by atoms with Gasteiger partial charge in [-0.15, -0.1) is 0 Å². The molecule has 1 N–H and O–H groups in total. The Morgan fingerprint density at radius 1 is 0.968 bits per heavy atom. The molecule has 0 bridgehead atoms. The van der Waals surface area contributed by atoms with Crippen molar-refractivity contribution in [3.63, 3.8) is 0 Å². The molecule has 1 heterocycles. The van der Waals surface area contributed by atoms with Crippen LogP contribution in [0.3, 0.4) is 0 Å². The van der Waals surface area contributed by atoms with Crippen LogP contribution in [0.5, 0.6) is 23.0 Å². The summed E-state index contributed by atoms with van der Waals surface area (Å²) in [7, 11) is 1.64. The van der Waals surface area contributed by atoms with Crippen LogP contribution < -0.4 is 24.3 Å². The van der Waals surface area contributed by atoms with Gasteiger partial charge in [0.2, 0.25) is 0 Å². The van der Waals surface area contributed by atoms with Gasteiger partial charge in [0.15, 0.2) is 23.0 Å². The monoisotopic (exact) mass is 503 g/mol. The number of nitrogens with one attached hydrogen (secondary N) is 1. The van der Waals surface area contributed by atoms with E-state index >= 15 is 0 Å². The minimum Gasteiger partial charge on any atom is -0.493 e. The van der Waals surface area contributed by atoms with Crippen LogP contribution in [-0.2, 0) is 19.7 Å². The van der Waals surface area contributed by atoms with Crippen molar-refractivity contribution in [2.24, 2.45) is 0 Å².